The summed E-state index contributed by atoms with van der Waals surface area (Å²) in [4.78, 5) is 41.5. The summed E-state index contributed by atoms with van der Waals surface area (Å²) < 4.78 is 0. The smallest absolute Gasteiger partial charge is 0.270 e. The van der Waals surface area contributed by atoms with E-state index in [1.165, 1.54) is 0 Å². The number of rotatable bonds is 5. The van der Waals surface area contributed by atoms with E-state index in [0.29, 0.717) is 36.1 Å². The average Bonchev–Trinajstić information content (AvgIpc) is 2.67. The summed E-state index contributed by atoms with van der Waals surface area (Å²) in [5, 5.41) is 14.3. The molecule has 2 atom stereocenters. The van der Waals surface area contributed by atoms with Crippen LogP contribution in [0.15, 0.2) is 35.1 Å². The molecule has 1 saturated heterocycles. The molecule has 3 rings (SSSR count). The molecule has 28 heavy (non-hydrogen) atoms. The summed E-state index contributed by atoms with van der Waals surface area (Å²) in [5.74, 6) is -0.00724. The van der Waals surface area contributed by atoms with Gasteiger partial charge in [0.1, 0.15) is 5.69 Å². The molecule has 2 heterocycles. The Kier molecular flexibility index (Phi) is 6.14. The van der Waals surface area contributed by atoms with Gasteiger partial charge < -0.3 is 20.3 Å². The Balaban J connectivity index is 1.72. The quantitative estimate of drug-likeness (QED) is 0.728. The van der Waals surface area contributed by atoms with Crippen molar-refractivity contribution >= 4 is 22.6 Å². The van der Waals surface area contributed by atoms with Gasteiger partial charge in [0.15, 0.2) is 0 Å². The molecule has 1 aliphatic heterocycles. The van der Waals surface area contributed by atoms with Gasteiger partial charge in [0, 0.05) is 24.9 Å². The van der Waals surface area contributed by atoms with Crippen molar-refractivity contribution < 1.29 is 14.7 Å². The normalized spacial score (nSPS) is 19.8. The summed E-state index contributed by atoms with van der Waals surface area (Å²) in [7, 11) is 0. The molecular formula is C21H27N3O4. The second-order valence-corrected chi connectivity index (χ2v) is 7.81. The number of hydrogen-bond acceptors (Lipinski definition) is 4. The minimum atomic E-state index is -0.692. The Morgan fingerprint density at radius 2 is 2.07 bits per heavy atom. The minimum absolute atomic E-state index is 0.119. The summed E-state index contributed by atoms with van der Waals surface area (Å²) in [5.41, 5.74) is -0.0954. The van der Waals surface area contributed by atoms with E-state index in [1.807, 2.05) is 19.9 Å². The number of carbonyl (C=O) groups excluding carboxylic acids is 2. The van der Waals surface area contributed by atoms with Crippen molar-refractivity contribution in [3.05, 3.63) is 46.4 Å². The molecule has 0 unspecified atom stereocenters. The van der Waals surface area contributed by atoms with E-state index < -0.39 is 12.1 Å². The molecule has 0 radical (unpaired) electrons. The van der Waals surface area contributed by atoms with E-state index in [-0.39, 0.29) is 29.6 Å². The largest absolute Gasteiger partial charge is 0.391 e. The summed E-state index contributed by atoms with van der Waals surface area (Å²) in [6.45, 7) is 4.68. The number of H-pyrrole nitrogens is 1. The molecule has 2 aromatic rings. The maximum atomic E-state index is 12.9. The van der Waals surface area contributed by atoms with Gasteiger partial charge in [-0.15, -0.1) is 0 Å². The third-order valence-electron chi connectivity index (χ3n) is 5.14. The number of nitrogens with zero attached hydrogens (tertiary/aromatic N) is 1. The number of nitrogens with one attached hydrogen (secondary N) is 2. The number of aliphatic hydroxyl groups excluding tert-OH is 1. The number of piperidine rings is 1. The Morgan fingerprint density at radius 3 is 2.82 bits per heavy atom. The number of fused-ring (bicyclic) bond motifs is 1. The van der Waals surface area contributed by atoms with Crippen LogP contribution in [0.3, 0.4) is 0 Å². The lowest BCUT2D eigenvalue weighted by Crippen LogP contribution is -2.56. The van der Waals surface area contributed by atoms with Gasteiger partial charge in [-0.05, 0) is 36.3 Å². The minimum Gasteiger partial charge on any atom is -0.391 e. The highest BCUT2D eigenvalue weighted by Gasteiger charge is 2.32. The number of hydrogen-bond donors (Lipinski definition) is 3. The molecule has 0 bridgehead atoms. The zero-order valence-corrected chi connectivity index (χ0v) is 16.3. The molecule has 0 saturated carbocycles. The Hall–Kier alpha value is -2.67. The van der Waals surface area contributed by atoms with Gasteiger partial charge >= 0.3 is 0 Å². The number of pyridine rings is 1. The second kappa shape index (κ2) is 8.56. The first kappa shape index (κ1) is 20.1. The Morgan fingerprint density at radius 1 is 1.32 bits per heavy atom. The van der Waals surface area contributed by atoms with Gasteiger partial charge in [0.25, 0.3) is 11.5 Å². The third kappa shape index (κ3) is 4.59. The fourth-order valence-electron chi connectivity index (χ4n) is 3.46. The maximum Gasteiger partial charge on any atom is 0.270 e. The van der Waals surface area contributed by atoms with Crippen LogP contribution in [0.2, 0.25) is 0 Å². The fraction of sp³-hybridized carbons (Fsp3) is 0.476. The van der Waals surface area contributed by atoms with E-state index >= 15 is 0 Å². The van der Waals surface area contributed by atoms with E-state index in [1.54, 1.807) is 29.2 Å². The topological polar surface area (TPSA) is 103 Å². The third-order valence-corrected chi connectivity index (χ3v) is 5.14. The van der Waals surface area contributed by atoms with Crippen molar-refractivity contribution in [1.82, 2.24) is 15.2 Å². The van der Waals surface area contributed by atoms with Crippen LogP contribution in [0.5, 0.6) is 0 Å². The highest BCUT2D eigenvalue weighted by molar-refractivity contribution is 5.96. The number of benzene rings is 1. The summed E-state index contributed by atoms with van der Waals surface area (Å²) in [6, 6.07) is 8.25. The molecule has 0 spiro atoms. The average molecular weight is 385 g/mol. The van der Waals surface area contributed by atoms with Crippen molar-refractivity contribution in [2.45, 2.75) is 45.3 Å². The predicted molar refractivity (Wildman–Crippen MR) is 107 cm³/mol. The molecule has 7 nitrogen and oxygen atoms in total. The molecule has 7 heteroatoms. The SMILES string of the molecule is CC(C)CCC(=O)N[C@@H]1CN(C(=O)c2cc3ccccc3c(=O)[nH]2)CC[C@H]1O. The molecule has 1 fully saturated rings. The lowest BCUT2D eigenvalue weighted by atomic mass is 10.0. The van der Waals surface area contributed by atoms with Gasteiger partial charge in [-0.1, -0.05) is 32.0 Å². The lowest BCUT2D eigenvalue weighted by Gasteiger charge is -2.36. The van der Waals surface area contributed by atoms with Crippen LogP contribution in [-0.4, -0.2) is 52.0 Å². The van der Waals surface area contributed by atoms with Crippen LogP contribution in [0, 0.1) is 5.92 Å². The van der Waals surface area contributed by atoms with Crippen LogP contribution >= 0.6 is 0 Å². The highest BCUT2D eigenvalue weighted by Crippen LogP contribution is 2.16. The molecule has 3 N–H and O–H groups in total. The zero-order chi connectivity index (χ0) is 20.3. The second-order valence-electron chi connectivity index (χ2n) is 7.81. The number of carbonyl (C=O) groups is 2. The molecule has 150 valence electrons. The van der Waals surface area contributed by atoms with E-state index in [2.05, 4.69) is 10.3 Å². The van der Waals surface area contributed by atoms with Crippen molar-refractivity contribution in [3.8, 4) is 0 Å². The monoisotopic (exact) mass is 385 g/mol. The lowest BCUT2D eigenvalue weighted by molar-refractivity contribution is -0.123. The van der Waals surface area contributed by atoms with Crippen LogP contribution in [-0.2, 0) is 4.79 Å². The molecule has 2 amide bonds. The molecule has 0 aliphatic carbocycles. The molecule has 1 aliphatic rings. The number of amides is 2. The fourth-order valence-corrected chi connectivity index (χ4v) is 3.46. The summed E-state index contributed by atoms with van der Waals surface area (Å²) in [6.07, 6.45) is 0.851. The molecule has 1 aromatic heterocycles. The Bertz CT molecular complexity index is 921. The highest BCUT2D eigenvalue weighted by atomic mass is 16.3. The van der Waals surface area contributed by atoms with Crippen LogP contribution < -0.4 is 10.9 Å². The molecule has 1 aromatic carbocycles. The first-order chi connectivity index (χ1) is 13.3. The van der Waals surface area contributed by atoms with Gasteiger partial charge in [0.2, 0.25) is 5.91 Å². The standard InChI is InChI=1S/C21H27N3O4/c1-13(2)7-8-19(26)22-17-12-24(10-9-18(17)25)21(28)16-11-14-5-3-4-6-15(14)20(27)23-16/h3-6,11,13,17-18,25H,7-10,12H2,1-2H3,(H,22,26)(H,23,27)/t17-,18-/m1/s1. The van der Waals surface area contributed by atoms with Gasteiger partial charge in [0.05, 0.1) is 12.1 Å². The van der Waals surface area contributed by atoms with Crippen molar-refractivity contribution in [2.75, 3.05) is 13.1 Å². The maximum absolute atomic E-state index is 12.9. The van der Waals surface area contributed by atoms with Gasteiger partial charge in [-0.2, -0.15) is 0 Å². The van der Waals surface area contributed by atoms with Gasteiger partial charge in [-0.3, -0.25) is 14.4 Å². The number of likely N-dealkylation sites (tertiary alicyclic amines) is 1. The Labute approximate surface area is 163 Å². The first-order valence-corrected chi connectivity index (χ1v) is 9.74. The van der Waals surface area contributed by atoms with Crippen LogP contribution in [0.1, 0.15) is 43.6 Å². The first-order valence-electron chi connectivity index (χ1n) is 9.74. The number of aliphatic hydroxyl groups is 1. The van der Waals surface area contributed by atoms with Crippen LogP contribution in [0.25, 0.3) is 10.8 Å². The number of aromatic nitrogens is 1. The van der Waals surface area contributed by atoms with Crippen molar-refractivity contribution in [2.24, 2.45) is 5.92 Å². The van der Waals surface area contributed by atoms with E-state index in [4.69, 9.17) is 0 Å². The molecular weight excluding hydrogens is 358 g/mol. The predicted octanol–water partition coefficient (Wildman–Crippen LogP) is 1.66. The van der Waals surface area contributed by atoms with Crippen LogP contribution in [0.4, 0.5) is 0 Å². The summed E-state index contributed by atoms with van der Waals surface area (Å²) >= 11 is 0. The van der Waals surface area contributed by atoms with E-state index in [9.17, 15) is 19.5 Å². The van der Waals surface area contributed by atoms with Crippen molar-refractivity contribution in [1.29, 1.82) is 0 Å². The zero-order valence-electron chi connectivity index (χ0n) is 16.3. The van der Waals surface area contributed by atoms with E-state index in [0.717, 1.165) is 6.42 Å². The van der Waals surface area contributed by atoms with Crippen molar-refractivity contribution in [3.63, 3.8) is 0 Å². The van der Waals surface area contributed by atoms with Gasteiger partial charge in [-0.25, -0.2) is 0 Å². The number of aromatic amines is 1.